The Balaban J connectivity index is 1.21. The molecule has 3 aliphatic rings. The number of allylic oxidation sites excluding steroid dienone is 2. The van der Waals surface area contributed by atoms with E-state index in [0.29, 0.717) is 11.7 Å². The highest BCUT2D eigenvalue weighted by atomic mass is 32.1. The van der Waals surface area contributed by atoms with Gasteiger partial charge in [-0.1, -0.05) is 23.5 Å². The summed E-state index contributed by atoms with van der Waals surface area (Å²) in [7, 11) is 0. The highest BCUT2D eigenvalue weighted by Gasteiger charge is 2.59. The lowest BCUT2D eigenvalue weighted by Gasteiger charge is -2.16. The van der Waals surface area contributed by atoms with Gasteiger partial charge in [-0.2, -0.15) is 0 Å². The molecule has 1 aromatic heterocycles. The van der Waals surface area contributed by atoms with Crippen molar-refractivity contribution in [3.8, 4) is 5.75 Å². The summed E-state index contributed by atoms with van der Waals surface area (Å²) in [6.07, 6.45) is 5.11. The van der Waals surface area contributed by atoms with Crippen molar-refractivity contribution in [1.29, 1.82) is 0 Å². The van der Waals surface area contributed by atoms with Gasteiger partial charge in [0.05, 0.1) is 28.7 Å². The van der Waals surface area contributed by atoms with E-state index in [-0.39, 0.29) is 54.4 Å². The number of anilines is 1. The Hall–Kier alpha value is -2.74. The Kier molecular flexibility index (Phi) is 4.38. The number of likely N-dealkylation sites (tertiary alicyclic amines) is 1. The largest absolute Gasteiger partial charge is 0.494 e. The number of hydrogen-bond donors (Lipinski definition) is 1. The minimum atomic E-state index is -0.257. The van der Waals surface area contributed by atoms with Crippen molar-refractivity contribution in [3.05, 3.63) is 30.4 Å². The third-order valence-corrected chi connectivity index (χ3v) is 6.97. The van der Waals surface area contributed by atoms with Crippen LogP contribution in [0.3, 0.4) is 0 Å². The fraction of sp³-hybridized carbons (Fsp3) is 0.429. The van der Waals surface area contributed by atoms with Crippen molar-refractivity contribution < 1.29 is 19.1 Å². The summed E-state index contributed by atoms with van der Waals surface area (Å²) < 4.78 is 6.41. The van der Waals surface area contributed by atoms with Crippen LogP contribution in [0.25, 0.3) is 10.2 Å². The number of rotatable bonds is 6. The number of thiazole rings is 1. The molecule has 2 aromatic rings. The number of ether oxygens (including phenoxy) is 1. The minimum absolute atomic E-state index is 0.0692. The van der Waals surface area contributed by atoms with Crippen molar-refractivity contribution in [2.45, 2.75) is 19.8 Å². The Morgan fingerprint density at radius 3 is 2.66 bits per heavy atom. The molecule has 150 valence electrons. The predicted molar refractivity (Wildman–Crippen MR) is 108 cm³/mol. The van der Waals surface area contributed by atoms with E-state index in [4.69, 9.17) is 4.74 Å². The molecule has 5 rings (SSSR count). The molecule has 1 aromatic carbocycles. The van der Waals surface area contributed by atoms with Gasteiger partial charge in [-0.15, -0.1) is 0 Å². The predicted octanol–water partition coefficient (Wildman–Crippen LogP) is 2.83. The summed E-state index contributed by atoms with van der Waals surface area (Å²) >= 11 is 1.37. The fourth-order valence-corrected chi connectivity index (χ4v) is 5.70. The molecule has 7 nitrogen and oxygen atoms in total. The second kappa shape index (κ2) is 6.95. The molecular weight excluding hydrogens is 390 g/mol. The van der Waals surface area contributed by atoms with Crippen molar-refractivity contribution in [2.75, 3.05) is 18.5 Å². The summed E-state index contributed by atoms with van der Waals surface area (Å²) in [5, 5.41) is 3.28. The van der Waals surface area contributed by atoms with Crippen molar-refractivity contribution in [3.63, 3.8) is 0 Å². The standard InChI is InChI=1S/C21H21N3O4S/c1-2-28-13-5-6-14-15(10-13)29-21(22-14)23-16(25)7-8-24-19(26)17-11-3-4-12(9-11)18(17)20(24)27/h3-6,10-12,17-18H,2,7-9H2,1H3,(H,22,23,25)/t11-,12-,17+,18+/m0/s1. The van der Waals surface area contributed by atoms with Gasteiger partial charge in [0, 0.05) is 13.0 Å². The van der Waals surface area contributed by atoms with E-state index >= 15 is 0 Å². The molecule has 29 heavy (non-hydrogen) atoms. The number of imide groups is 1. The maximum Gasteiger partial charge on any atom is 0.233 e. The zero-order valence-corrected chi connectivity index (χ0v) is 16.8. The van der Waals surface area contributed by atoms with Crippen molar-refractivity contribution in [2.24, 2.45) is 23.7 Å². The van der Waals surface area contributed by atoms with Gasteiger partial charge in [0.15, 0.2) is 5.13 Å². The van der Waals surface area contributed by atoms with Gasteiger partial charge in [-0.25, -0.2) is 4.98 Å². The van der Waals surface area contributed by atoms with E-state index < -0.39 is 0 Å². The van der Waals surface area contributed by atoms with E-state index in [2.05, 4.69) is 22.5 Å². The monoisotopic (exact) mass is 411 g/mol. The van der Waals surface area contributed by atoms with E-state index in [1.165, 1.54) is 16.2 Å². The third kappa shape index (κ3) is 3.02. The Labute approximate surface area is 171 Å². The minimum Gasteiger partial charge on any atom is -0.494 e. The molecule has 2 heterocycles. The normalized spacial score (nSPS) is 27.1. The summed E-state index contributed by atoms with van der Waals surface area (Å²) in [4.78, 5) is 43.4. The summed E-state index contributed by atoms with van der Waals surface area (Å²) in [6.45, 7) is 2.63. The lowest BCUT2D eigenvalue weighted by Crippen LogP contribution is -2.35. The van der Waals surface area contributed by atoms with Gasteiger partial charge in [-0.05, 0) is 43.4 Å². The smallest absolute Gasteiger partial charge is 0.233 e. The SMILES string of the molecule is CCOc1ccc2nc(NC(=O)CCN3C(=O)[C@H]4[C@H](C3=O)[C@H]3C=C[C@H]4C3)sc2c1. The number of hydrogen-bond acceptors (Lipinski definition) is 6. The van der Waals surface area contributed by atoms with Crippen LogP contribution in [0, 0.1) is 23.7 Å². The lowest BCUT2D eigenvalue weighted by molar-refractivity contribution is -0.140. The first kappa shape index (κ1) is 18.3. The number of fused-ring (bicyclic) bond motifs is 6. The molecule has 0 spiro atoms. The van der Waals surface area contributed by atoms with Gasteiger partial charge in [-0.3, -0.25) is 19.3 Å². The number of carbonyl (C=O) groups is 3. The van der Waals surface area contributed by atoms with E-state index in [1.54, 1.807) is 0 Å². The molecular formula is C21H21N3O4S. The summed E-state index contributed by atoms with van der Waals surface area (Å²) in [5.41, 5.74) is 0.787. The molecule has 4 atom stereocenters. The number of nitrogens with one attached hydrogen (secondary N) is 1. The van der Waals surface area contributed by atoms with Crippen LogP contribution in [-0.4, -0.2) is 40.8 Å². The maximum absolute atomic E-state index is 12.7. The molecule has 0 radical (unpaired) electrons. The molecule has 2 aliphatic carbocycles. The number of nitrogens with zero attached hydrogens (tertiary/aromatic N) is 2. The molecule has 1 aliphatic heterocycles. The summed E-state index contributed by atoms with van der Waals surface area (Å²) in [5.74, 6) is 0.207. The maximum atomic E-state index is 12.7. The second-order valence-electron chi connectivity index (χ2n) is 7.71. The Morgan fingerprint density at radius 2 is 1.97 bits per heavy atom. The van der Waals surface area contributed by atoms with Gasteiger partial charge < -0.3 is 10.1 Å². The van der Waals surface area contributed by atoms with E-state index in [1.807, 2.05) is 25.1 Å². The third-order valence-electron chi connectivity index (χ3n) is 6.04. The van der Waals surface area contributed by atoms with Crippen LogP contribution in [0.2, 0.25) is 0 Å². The average Bonchev–Trinajstić information content (AvgIpc) is 3.44. The first-order valence-electron chi connectivity index (χ1n) is 9.92. The van der Waals surface area contributed by atoms with E-state index in [0.717, 1.165) is 22.4 Å². The van der Waals surface area contributed by atoms with Crippen LogP contribution in [0.1, 0.15) is 19.8 Å². The van der Waals surface area contributed by atoms with Gasteiger partial charge in [0.25, 0.3) is 0 Å². The molecule has 8 heteroatoms. The van der Waals surface area contributed by atoms with Gasteiger partial charge >= 0.3 is 0 Å². The first-order chi connectivity index (χ1) is 14.0. The van der Waals surface area contributed by atoms with Gasteiger partial charge in [0.1, 0.15) is 5.75 Å². The molecule has 1 saturated heterocycles. The molecule has 0 unspecified atom stereocenters. The highest BCUT2D eigenvalue weighted by Crippen LogP contribution is 2.52. The molecule has 2 bridgehead atoms. The lowest BCUT2D eigenvalue weighted by atomic mass is 9.85. The number of benzene rings is 1. The molecule has 2 fully saturated rings. The Bertz CT molecular complexity index is 1020. The van der Waals surface area contributed by atoms with Crippen LogP contribution < -0.4 is 10.1 Å². The van der Waals surface area contributed by atoms with E-state index in [9.17, 15) is 14.4 Å². The topological polar surface area (TPSA) is 88.6 Å². The number of amides is 3. The zero-order valence-electron chi connectivity index (χ0n) is 16.0. The van der Waals surface area contributed by atoms with Gasteiger partial charge in [0.2, 0.25) is 17.7 Å². The van der Waals surface area contributed by atoms with Crippen molar-refractivity contribution >= 4 is 44.4 Å². The van der Waals surface area contributed by atoms with Crippen LogP contribution in [-0.2, 0) is 14.4 Å². The highest BCUT2D eigenvalue weighted by molar-refractivity contribution is 7.22. The zero-order chi connectivity index (χ0) is 20.1. The van der Waals surface area contributed by atoms with Crippen molar-refractivity contribution in [1.82, 2.24) is 9.88 Å². The second-order valence-corrected chi connectivity index (χ2v) is 8.74. The van der Waals surface area contributed by atoms with Crippen LogP contribution in [0.4, 0.5) is 5.13 Å². The Morgan fingerprint density at radius 1 is 1.24 bits per heavy atom. The quantitative estimate of drug-likeness (QED) is 0.583. The average molecular weight is 411 g/mol. The number of carbonyl (C=O) groups excluding carboxylic acids is 3. The van der Waals surface area contributed by atoms with Crippen LogP contribution >= 0.6 is 11.3 Å². The molecule has 1 saturated carbocycles. The first-order valence-corrected chi connectivity index (χ1v) is 10.7. The van der Waals surface area contributed by atoms with Crippen LogP contribution in [0.15, 0.2) is 30.4 Å². The van der Waals surface area contributed by atoms with Crippen LogP contribution in [0.5, 0.6) is 5.75 Å². The fourth-order valence-electron chi connectivity index (χ4n) is 4.79. The molecule has 1 N–H and O–H groups in total. The number of aromatic nitrogens is 1. The molecule has 3 amide bonds. The summed E-state index contributed by atoms with van der Waals surface area (Å²) in [6, 6.07) is 5.60.